The van der Waals surface area contributed by atoms with E-state index in [0.717, 1.165) is 31.9 Å². The van der Waals surface area contributed by atoms with Gasteiger partial charge in [0.1, 0.15) is 0 Å². The second-order valence-electron chi connectivity index (χ2n) is 6.60. The molecule has 23 heavy (non-hydrogen) atoms. The van der Waals surface area contributed by atoms with Crippen molar-refractivity contribution >= 4 is 30.8 Å². The van der Waals surface area contributed by atoms with Gasteiger partial charge in [-0.25, -0.2) is 4.79 Å². The Kier molecular flexibility index (Phi) is 8.34. The molecule has 0 aromatic carbocycles. The minimum absolute atomic E-state index is 0. The van der Waals surface area contributed by atoms with Gasteiger partial charge in [-0.15, -0.1) is 24.8 Å². The summed E-state index contributed by atoms with van der Waals surface area (Å²) in [7, 11) is 3.44. The van der Waals surface area contributed by atoms with Crippen molar-refractivity contribution in [3.8, 4) is 0 Å². The van der Waals surface area contributed by atoms with Crippen LogP contribution in [0.25, 0.3) is 0 Å². The number of halogens is 2. The number of amides is 2. The van der Waals surface area contributed by atoms with Crippen molar-refractivity contribution in [2.24, 2.45) is 5.73 Å². The molecule has 134 valence electrons. The topological polar surface area (TPSA) is 79.4 Å². The van der Waals surface area contributed by atoms with Crippen molar-refractivity contribution in [3.05, 3.63) is 17.5 Å². The third-order valence-corrected chi connectivity index (χ3v) is 3.39. The first-order valence-corrected chi connectivity index (χ1v) is 7.26. The first-order chi connectivity index (χ1) is 9.74. The molecule has 0 saturated heterocycles. The van der Waals surface area contributed by atoms with Gasteiger partial charge in [-0.3, -0.25) is 9.58 Å². The van der Waals surface area contributed by atoms with E-state index in [4.69, 9.17) is 5.73 Å². The first kappa shape index (κ1) is 22.0. The number of hydrogen-bond donors (Lipinski definition) is 2. The van der Waals surface area contributed by atoms with Crippen LogP contribution in [0.2, 0.25) is 0 Å². The molecule has 0 spiro atoms. The molecule has 0 atom stereocenters. The molecule has 0 bridgehead atoms. The number of fused-ring (bicyclic) bond motifs is 1. The zero-order chi connectivity index (χ0) is 15.6. The highest BCUT2D eigenvalue weighted by Crippen LogP contribution is 2.15. The summed E-state index contributed by atoms with van der Waals surface area (Å²) in [5.74, 6) is 0. The highest BCUT2D eigenvalue weighted by Gasteiger charge is 2.22. The Bertz CT molecular complexity index is 512. The number of nitrogens with two attached hydrogens (primary N) is 1. The predicted molar refractivity (Wildman–Crippen MR) is 96.2 cm³/mol. The van der Waals surface area contributed by atoms with Crippen LogP contribution in [0.15, 0.2) is 6.07 Å². The maximum atomic E-state index is 11.5. The van der Waals surface area contributed by atoms with E-state index in [-0.39, 0.29) is 36.4 Å². The molecule has 1 aromatic rings. The fourth-order valence-corrected chi connectivity index (χ4v) is 2.50. The highest BCUT2D eigenvalue weighted by molar-refractivity contribution is 5.85. The zero-order valence-electron chi connectivity index (χ0n) is 14.2. The summed E-state index contributed by atoms with van der Waals surface area (Å²) < 4.78 is 2.02. The lowest BCUT2D eigenvalue weighted by Crippen LogP contribution is -2.47. The van der Waals surface area contributed by atoms with Crippen LogP contribution >= 0.6 is 24.8 Å². The second-order valence-corrected chi connectivity index (χ2v) is 6.60. The van der Waals surface area contributed by atoms with E-state index in [1.54, 1.807) is 14.1 Å². The quantitative estimate of drug-likeness (QED) is 0.834. The molecule has 3 N–H and O–H groups in total. The Balaban J connectivity index is 0.00000242. The second kappa shape index (κ2) is 8.73. The van der Waals surface area contributed by atoms with Gasteiger partial charge in [0.25, 0.3) is 0 Å². The number of urea groups is 1. The van der Waals surface area contributed by atoms with Crippen LogP contribution < -0.4 is 11.1 Å². The number of nitrogens with one attached hydrogen (secondary N) is 1. The van der Waals surface area contributed by atoms with Crippen molar-refractivity contribution in [1.82, 2.24) is 24.9 Å². The van der Waals surface area contributed by atoms with Gasteiger partial charge in [-0.1, -0.05) is 0 Å². The van der Waals surface area contributed by atoms with Crippen LogP contribution in [0.4, 0.5) is 4.79 Å². The van der Waals surface area contributed by atoms with E-state index in [9.17, 15) is 4.79 Å². The SMILES string of the molecule is CN(C)C(=O)NCc1cc2n(n1)CCN(CC(C)(C)N)C2.Cl.Cl. The average molecular weight is 367 g/mol. The van der Waals surface area contributed by atoms with Gasteiger partial charge < -0.3 is 16.0 Å². The minimum atomic E-state index is -0.190. The zero-order valence-corrected chi connectivity index (χ0v) is 15.8. The molecule has 1 aliphatic rings. The Labute approximate surface area is 150 Å². The number of carbonyl (C=O) groups excluding carboxylic acids is 1. The van der Waals surface area contributed by atoms with Crippen LogP contribution in [-0.4, -0.2) is 58.3 Å². The van der Waals surface area contributed by atoms with Crippen molar-refractivity contribution in [2.75, 3.05) is 27.2 Å². The van der Waals surface area contributed by atoms with Crippen LogP contribution in [0.1, 0.15) is 25.2 Å². The number of hydrogen-bond acceptors (Lipinski definition) is 4. The standard InChI is InChI=1S/C14H26N6O.2ClH/c1-14(2,15)10-19-5-6-20-12(9-19)7-11(17-20)8-16-13(21)18(3)4;;/h7H,5-6,8-10,15H2,1-4H3,(H,16,21);2*1H. The molecule has 0 fully saturated rings. The van der Waals surface area contributed by atoms with Crippen LogP contribution in [0, 0.1) is 0 Å². The molecule has 2 heterocycles. The lowest BCUT2D eigenvalue weighted by Gasteiger charge is -2.32. The normalized spacial score (nSPS) is 14.3. The maximum absolute atomic E-state index is 11.5. The van der Waals surface area contributed by atoms with Crippen molar-refractivity contribution in [3.63, 3.8) is 0 Å². The Morgan fingerprint density at radius 3 is 2.61 bits per heavy atom. The van der Waals surface area contributed by atoms with Crippen LogP contribution in [0.3, 0.4) is 0 Å². The Hall–Kier alpha value is -1.02. The molecular weight excluding hydrogens is 339 g/mol. The molecule has 2 amide bonds. The summed E-state index contributed by atoms with van der Waals surface area (Å²) in [6.07, 6.45) is 0. The van der Waals surface area contributed by atoms with Gasteiger partial charge in [0.2, 0.25) is 0 Å². The number of nitrogens with zero attached hydrogens (tertiary/aromatic N) is 4. The molecule has 1 aromatic heterocycles. The van der Waals surface area contributed by atoms with E-state index in [1.807, 2.05) is 18.5 Å². The molecule has 0 aliphatic carbocycles. The molecule has 0 unspecified atom stereocenters. The van der Waals surface area contributed by atoms with Gasteiger partial charge in [0.15, 0.2) is 0 Å². The van der Waals surface area contributed by atoms with Gasteiger partial charge in [0, 0.05) is 39.3 Å². The average Bonchev–Trinajstić information content (AvgIpc) is 2.75. The number of carbonyl (C=O) groups is 1. The van der Waals surface area contributed by atoms with Crippen molar-refractivity contribution < 1.29 is 4.79 Å². The van der Waals surface area contributed by atoms with Gasteiger partial charge in [-0.05, 0) is 19.9 Å². The lowest BCUT2D eigenvalue weighted by molar-refractivity contribution is 0.179. The fraction of sp³-hybridized carbons (Fsp3) is 0.714. The summed E-state index contributed by atoms with van der Waals surface area (Å²) in [5, 5.41) is 7.37. The predicted octanol–water partition coefficient (Wildman–Crippen LogP) is 1.05. The van der Waals surface area contributed by atoms with E-state index >= 15 is 0 Å². The van der Waals surface area contributed by atoms with Gasteiger partial charge in [0.05, 0.1) is 24.5 Å². The van der Waals surface area contributed by atoms with Crippen LogP contribution in [-0.2, 0) is 19.6 Å². The Morgan fingerprint density at radius 2 is 2.04 bits per heavy atom. The number of aromatic nitrogens is 2. The fourth-order valence-electron chi connectivity index (χ4n) is 2.50. The molecular formula is C14H28Cl2N6O. The van der Waals surface area contributed by atoms with E-state index in [1.165, 1.54) is 10.6 Å². The van der Waals surface area contributed by atoms with Crippen molar-refractivity contribution in [1.29, 1.82) is 0 Å². The maximum Gasteiger partial charge on any atom is 0.317 e. The molecule has 7 nitrogen and oxygen atoms in total. The van der Waals surface area contributed by atoms with Crippen LogP contribution in [0.5, 0.6) is 0 Å². The largest absolute Gasteiger partial charge is 0.332 e. The summed E-state index contributed by atoms with van der Waals surface area (Å²) in [6.45, 7) is 8.09. The third-order valence-electron chi connectivity index (χ3n) is 3.39. The summed E-state index contributed by atoms with van der Waals surface area (Å²) in [5.41, 5.74) is 7.97. The monoisotopic (exact) mass is 366 g/mol. The van der Waals surface area contributed by atoms with Gasteiger partial charge >= 0.3 is 6.03 Å². The Morgan fingerprint density at radius 1 is 1.39 bits per heavy atom. The smallest absolute Gasteiger partial charge is 0.317 e. The van der Waals surface area contributed by atoms with E-state index in [2.05, 4.69) is 21.4 Å². The lowest BCUT2D eigenvalue weighted by atomic mass is 10.1. The summed E-state index contributed by atoms with van der Waals surface area (Å²) in [4.78, 5) is 15.4. The van der Waals surface area contributed by atoms with Crippen molar-refractivity contribution in [2.45, 2.75) is 39.0 Å². The minimum Gasteiger partial charge on any atom is -0.332 e. The molecule has 2 rings (SSSR count). The highest BCUT2D eigenvalue weighted by atomic mass is 35.5. The molecule has 1 aliphatic heterocycles. The molecule has 0 radical (unpaired) electrons. The number of rotatable bonds is 4. The molecule has 0 saturated carbocycles. The van der Waals surface area contributed by atoms with E-state index in [0.29, 0.717) is 6.54 Å². The van der Waals surface area contributed by atoms with E-state index < -0.39 is 0 Å². The molecule has 9 heteroatoms. The summed E-state index contributed by atoms with van der Waals surface area (Å²) >= 11 is 0. The first-order valence-electron chi connectivity index (χ1n) is 7.26. The third kappa shape index (κ3) is 6.55. The summed E-state index contributed by atoms with van der Waals surface area (Å²) in [6, 6.07) is 1.96. The van der Waals surface area contributed by atoms with Gasteiger partial charge in [-0.2, -0.15) is 5.10 Å².